The Morgan fingerprint density at radius 2 is 0.729 bits per heavy atom. The lowest BCUT2D eigenvalue weighted by Crippen LogP contribution is -2.00. The molecule has 4 rings (SSSR count). The SMILES string of the molecule is C=CCc1cc(OCCCCCCOc2ccc(-c3ccc(OCCCCCCOc4ccc(O)c(CC=C)c4)cc3)cc2)ccc1O. The van der Waals surface area contributed by atoms with Gasteiger partial charge in [0.2, 0.25) is 0 Å². The van der Waals surface area contributed by atoms with Gasteiger partial charge in [-0.05, 0) is 136 Å². The first kappa shape index (κ1) is 36.0. The molecule has 0 heterocycles. The van der Waals surface area contributed by atoms with Crippen LogP contribution in [0, 0.1) is 0 Å². The number of allylic oxidation sites excluding steroid dienone is 2. The molecule has 0 radical (unpaired) electrons. The van der Waals surface area contributed by atoms with Crippen LogP contribution in [0.5, 0.6) is 34.5 Å². The van der Waals surface area contributed by atoms with Crippen molar-refractivity contribution in [3.63, 3.8) is 0 Å². The van der Waals surface area contributed by atoms with Crippen molar-refractivity contribution in [2.75, 3.05) is 26.4 Å². The molecular weight excluding hydrogens is 600 g/mol. The number of benzene rings is 4. The number of hydrogen-bond acceptors (Lipinski definition) is 6. The zero-order valence-corrected chi connectivity index (χ0v) is 28.1. The lowest BCUT2D eigenvalue weighted by molar-refractivity contribution is 0.287. The molecule has 0 bridgehead atoms. The summed E-state index contributed by atoms with van der Waals surface area (Å²) in [6.45, 7) is 10.2. The third-order valence-corrected chi connectivity index (χ3v) is 8.02. The second kappa shape index (κ2) is 20.4. The first-order valence-electron chi connectivity index (χ1n) is 17.1. The van der Waals surface area contributed by atoms with E-state index in [1.54, 1.807) is 36.4 Å². The highest BCUT2D eigenvalue weighted by molar-refractivity contribution is 5.64. The topological polar surface area (TPSA) is 77.4 Å². The predicted octanol–water partition coefficient (Wildman–Crippen LogP) is 10.3. The van der Waals surface area contributed by atoms with E-state index < -0.39 is 0 Å². The highest BCUT2D eigenvalue weighted by Gasteiger charge is 2.05. The van der Waals surface area contributed by atoms with Gasteiger partial charge in [-0.2, -0.15) is 0 Å². The Balaban J connectivity index is 1.03. The molecule has 0 aliphatic heterocycles. The van der Waals surface area contributed by atoms with Crippen molar-refractivity contribution in [3.8, 4) is 45.6 Å². The van der Waals surface area contributed by atoms with Gasteiger partial charge >= 0.3 is 0 Å². The van der Waals surface area contributed by atoms with Gasteiger partial charge in [0.15, 0.2) is 0 Å². The summed E-state index contributed by atoms with van der Waals surface area (Å²) in [6, 6.07) is 27.2. The van der Waals surface area contributed by atoms with Gasteiger partial charge in [-0.25, -0.2) is 0 Å². The zero-order valence-electron chi connectivity index (χ0n) is 28.1. The van der Waals surface area contributed by atoms with Crippen molar-refractivity contribution in [2.45, 2.75) is 64.2 Å². The smallest absolute Gasteiger partial charge is 0.119 e. The molecule has 0 fully saturated rings. The Kier molecular flexibility index (Phi) is 15.3. The van der Waals surface area contributed by atoms with E-state index in [1.165, 1.54) is 0 Å². The Labute approximate surface area is 286 Å². The zero-order chi connectivity index (χ0) is 33.8. The molecule has 0 amide bonds. The van der Waals surface area contributed by atoms with Gasteiger partial charge in [0, 0.05) is 11.1 Å². The van der Waals surface area contributed by atoms with Crippen LogP contribution in [0.25, 0.3) is 11.1 Å². The number of aromatic hydroxyl groups is 2. The number of hydrogen-bond donors (Lipinski definition) is 2. The standard InChI is InChI=1S/C42H50O6/c1-3-13-35-31-39(23-25-41(35)43)47-29-11-7-5-9-27-45-37-19-15-33(16-20-37)34-17-21-38(22-18-34)46-28-10-6-8-12-30-48-40-24-26-42(44)36(32-40)14-4-2/h3-4,15-26,31-32,43-44H,1-2,5-14,27-30H2. The van der Waals surface area contributed by atoms with E-state index in [0.29, 0.717) is 39.3 Å². The molecule has 48 heavy (non-hydrogen) atoms. The summed E-state index contributed by atoms with van der Waals surface area (Å²) in [5, 5.41) is 19.8. The fourth-order valence-electron chi connectivity index (χ4n) is 5.30. The third-order valence-electron chi connectivity index (χ3n) is 8.02. The van der Waals surface area contributed by atoms with Gasteiger partial charge in [0.1, 0.15) is 34.5 Å². The minimum absolute atomic E-state index is 0.279. The van der Waals surface area contributed by atoms with E-state index in [1.807, 2.05) is 36.4 Å². The van der Waals surface area contributed by atoms with Crippen LogP contribution in [0.1, 0.15) is 62.5 Å². The number of ether oxygens (including phenoxy) is 4. The first-order chi connectivity index (χ1) is 23.6. The van der Waals surface area contributed by atoms with Crippen molar-refractivity contribution in [3.05, 3.63) is 121 Å². The van der Waals surface area contributed by atoms with E-state index in [4.69, 9.17) is 18.9 Å². The van der Waals surface area contributed by atoms with Crippen molar-refractivity contribution in [1.29, 1.82) is 0 Å². The van der Waals surface area contributed by atoms with Crippen molar-refractivity contribution >= 4 is 0 Å². The normalized spacial score (nSPS) is 10.8. The predicted molar refractivity (Wildman–Crippen MR) is 195 cm³/mol. The summed E-state index contributed by atoms with van der Waals surface area (Å²) < 4.78 is 23.6. The average molecular weight is 651 g/mol. The maximum Gasteiger partial charge on any atom is 0.119 e. The second-order valence-corrected chi connectivity index (χ2v) is 11.8. The Morgan fingerprint density at radius 3 is 1.06 bits per heavy atom. The van der Waals surface area contributed by atoms with E-state index in [2.05, 4.69) is 37.4 Å². The first-order valence-corrected chi connectivity index (χ1v) is 17.1. The largest absolute Gasteiger partial charge is 0.508 e. The van der Waals surface area contributed by atoms with Crippen molar-refractivity contribution in [2.24, 2.45) is 0 Å². The highest BCUT2D eigenvalue weighted by atomic mass is 16.5. The van der Waals surface area contributed by atoms with Crippen LogP contribution in [0.15, 0.2) is 110 Å². The molecule has 6 nitrogen and oxygen atoms in total. The number of unbranched alkanes of at least 4 members (excludes halogenated alkanes) is 6. The summed E-state index contributed by atoms with van der Waals surface area (Å²) in [6.07, 6.45) is 13.1. The van der Waals surface area contributed by atoms with E-state index in [9.17, 15) is 10.2 Å². The average Bonchev–Trinajstić information content (AvgIpc) is 3.10. The van der Waals surface area contributed by atoms with Gasteiger partial charge < -0.3 is 29.2 Å². The highest BCUT2D eigenvalue weighted by Crippen LogP contribution is 2.27. The molecule has 0 unspecified atom stereocenters. The van der Waals surface area contributed by atoms with Crippen molar-refractivity contribution in [1.82, 2.24) is 0 Å². The van der Waals surface area contributed by atoms with Crippen molar-refractivity contribution < 1.29 is 29.2 Å². The summed E-state index contributed by atoms with van der Waals surface area (Å²) in [4.78, 5) is 0. The molecule has 6 heteroatoms. The van der Waals surface area contributed by atoms with Gasteiger partial charge in [-0.15, -0.1) is 13.2 Å². The summed E-state index contributed by atoms with van der Waals surface area (Å²) >= 11 is 0. The number of rotatable bonds is 23. The fourth-order valence-corrected chi connectivity index (χ4v) is 5.30. The summed E-state index contributed by atoms with van der Waals surface area (Å²) in [5.41, 5.74) is 3.95. The maximum absolute atomic E-state index is 9.88. The molecule has 2 N–H and O–H groups in total. The molecular formula is C42H50O6. The molecule has 4 aromatic carbocycles. The molecule has 0 saturated heterocycles. The van der Waals surface area contributed by atoms with Gasteiger partial charge in [-0.3, -0.25) is 0 Å². The van der Waals surface area contributed by atoms with Crippen LogP contribution in [0.3, 0.4) is 0 Å². The van der Waals surface area contributed by atoms with Gasteiger partial charge in [0.05, 0.1) is 26.4 Å². The number of phenols is 2. The minimum Gasteiger partial charge on any atom is -0.508 e. The molecule has 0 aliphatic rings. The fraction of sp³-hybridized carbons (Fsp3) is 0.333. The van der Waals surface area contributed by atoms with E-state index in [0.717, 1.165) is 96.6 Å². The summed E-state index contributed by atoms with van der Waals surface area (Å²) in [5.74, 6) is 3.89. The molecule has 0 saturated carbocycles. The molecule has 254 valence electrons. The van der Waals surface area contributed by atoms with Crippen LogP contribution >= 0.6 is 0 Å². The monoisotopic (exact) mass is 650 g/mol. The van der Waals surface area contributed by atoms with Crippen LogP contribution in [0.4, 0.5) is 0 Å². The van der Waals surface area contributed by atoms with Crippen LogP contribution in [-0.4, -0.2) is 36.6 Å². The Hall–Kier alpha value is -4.84. The lowest BCUT2D eigenvalue weighted by Gasteiger charge is -2.10. The lowest BCUT2D eigenvalue weighted by atomic mass is 10.1. The summed E-state index contributed by atoms with van der Waals surface area (Å²) in [7, 11) is 0. The van der Waals surface area contributed by atoms with Gasteiger partial charge in [-0.1, -0.05) is 36.4 Å². The van der Waals surface area contributed by atoms with Crippen LogP contribution < -0.4 is 18.9 Å². The molecule has 4 aromatic rings. The molecule has 0 aromatic heterocycles. The Bertz CT molecular complexity index is 1410. The molecule has 0 spiro atoms. The van der Waals surface area contributed by atoms with E-state index in [-0.39, 0.29) is 11.5 Å². The molecule has 0 aliphatic carbocycles. The quantitative estimate of drug-likeness (QED) is 0.0615. The third kappa shape index (κ3) is 12.4. The Morgan fingerprint density at radius 1 is 0.417 bits per heavy atom. The minimum atomic E-state index is 0.279. The second-order valence-electron chi connectivity index (χ2n) is 11.8. The van der Waals surface area contributed by atoms with Gasteiger partial charge in [0.25, 0.3) is 0 Å². The van der Waals surface area contributed by atoms with E-state index >= 15 is 0 Å². The van der Waals surface area contributed by atoms with Crippen LogP contribution in [0.2, 0.25) is 0 Å². The van der Waals surface area contributed by atoms with Crippen LogP contribution in [-0.2, 0) is 12.8 Å². The maximum atomic E-state index is 9.88. The number of phenolic OH excluding ortho intramolecular Hbond substituents is 2. The molecule has 0 atom stereocenters.